The van der Waals surface area contributed by atoms with Gasteiger partial charge in [0.15, 0.2) is 5.82 Å². The molecule has 1 N–H and O–H groups in total. The van der Waals surface area contributed by atoms with Crippen LogP contribution < -0.4 is 0 Å². The van der Waals surface area contributed by atoms with Crippen molar-refractivity contribution in [3.63, 3.8) is 0 Å². The van der Waals surface area contributed by atoms with Crippen LogP contribution in [0, 0.1) is 5.41 Å². The van der Waals surface area contributed by atoms with E-state index in [1.807, 2.05) is 6.92 Å². The lowest BCUT2D eigenvalue weighted by atomic mass is 9.88. The van der Waals surface area contributed by atoms with E-state index in [2.05, 4.69) is 20.5 Å². The molecule has 0 bridgehead atoms. The Morgan fingerprint density at radius 3 is 2.90 bits per heavy atom. The maximum absolute atomic E-state index is 11.4. The minimum atomic E-state index is -0.941. The zero-order valence-corrected chi connectivity index (χ0v) is 11.9. The number of aliphatic carboxylic acids is 1. The van der Waals surface area contributed by atoms with Crippen LogP contribution in [0.5, 0.6) is 0 Å². The van der Waals surface area contributed by atoms with Gasteiger partial charge in [0.05, 0.1) is 17.0 Å². The Kier molecular flexibility index (Phi) is 3.99. The number of tetrazole rings is 1. The lowest BCUT2D eigenvalue weighted by Crippen LogP contribution is -2.32. The van der Waals surface area contributed by atoms with Gasteiger partial charge in [-0.05, 0) is 29.8 Å². The molecule has 1 atom stereocenters. The van der Waals surface area contributed by atoms with Crippen LogP contribution in [-0.4, -0.2) is 36.3 Å². The van der Waals surface area contributed by atoms with Gasteiger partial charge >= 0.3 is 5.97 Å². The zero-order valence-electron chi connectivity index (χ0n) is 11.1. The van der Waals surface area contributed by atoms with E-state index in [0.29, 0.717) is 22.8 Å². The first-order valence-electron chi connectivity index (χ1n) is 6.07. The fourth-order valence-corrected chi connectivity index (χ4v) is 1.93. The molecule has 0 fully saturated rings. The van der Waals surface area contributed by atoms with Crippen molar-refractivity contribution in [1.29, 1.82) is 0 Å². The summed E-state index contributed by atoms with van der Waals surface area (Å²) < 4.78 is 1.46. The molecule has 0 aliphatic carbocycles. The average Bonchev–Trinajstić information content (AvgIpc) is 2.86. The van der Waals surface area contributed by atoms with Crippen LogP contribution >= 0.6 is 11.6 Å². The van der Waals surface area contributed by atoms with Crippen LogP contribution in [0.1, 0.15) is 20.3 Å². The fraction of sp³-hybridized carbons (Fsp3) is 0.417. The molecular formula is C12H14ClN5O2. The summed E-state index contributed by atoms with van der Waals surface area (Å²) in [6.07, 6.45) is 3.54. The molecule has 0 aliphatic heterocycles. The number of aromatic nitrogens is 5. The first-order valence-corrected chi connectivity index (χ1v) is 6.45. The van der Waals surface area contributed by atoms with Gasteiger partial charge in [0, 0.05) is 18.0 Å². The number of pyridine rings is 1. The van der Waals surface area contributed by atoms with Crippen LogP contribution in [0.25, 0.3) is 11.4 Å². The smallest absolute Gasteiger partial charge is 0.311 e. The fourth-order valence-electron chi connectivity index (χ4n) is 1.72. The highest BCUT2D eigenvalue weighted by molar-refractivity contribution is 6.33. The summed E-state index contributed by atoms with van der Waals surface area (Å²) in [7, 11) is 0. The standard InChI is InChI=1S/C12H14ClN5O2/c1-3-12(2,11(19)20)7-18-10(15-16-17-18)8-4-5-14-6-9(8)13/h4-6H,3,7H2,1-2H3,(H,19,20). The highest BCUT2D eigenvalue weighted by atomic mass is 35.5. The molecule has 2 aromatic rings. The van der Waals surface area contributed by atoms with Gasteiger partial charge in [0.1, 0.15) is 0 Å². The van der Waals surface area contributed by atoms with Crippen molar-refractivity contribution in [2.24, 2.45) is 5.41 Å². The molecule has 8 heteroatoms. The van der Waals surface area contributed by atoms with Crippen molar-refractivity contribution < 1.29 is 9.90 Å². The molecule has 2 heterocycles. The molecule has 0 radical (unpaired) electrons. The van der Waals surface area contributed by atoms with Crippen LogP contribution in [-0.2, 0) is 11.3 Å². The molecule has 0 amide bonds. The third kappa shape index (κ3) is 2.62. The summed E-state index contributed by atoms with van der Waals surface area (Å²) in [5, 5.41) is 21.1. The minimum Gasteiger partial charge on any atom is -0.481 e. The van der Waals surface area contributed by atoms with E-state index in [4.69, 9.17) is 11.6 Å². The van der Waals surface area contributed by atoms with Crippen LogP contribution in [0.4, 0.5) is 0 Å². The number of carboxylic acids is 1. The first kappa shape index (κ1) is 14.4. The van der Waals surface area contributed by atoms with Gasteiger partial charge < -0.3 is 5.11 Å². The van der Waals surface area contributed by atoms with Gasteiger partial charge in [0.2, 0.25) is 0 Å². The number of carbonyl (C=O) groups is 1. The summed E-state index contributed by atoms with van der Waals surface area (Å²) >= 11 is 6.07. The number of rotatable bonds is 5. The van der Waals surface area contributed by atoms with Gasteiger partial charge in [0.25, 0.3) is 0 Å². The Morgan fingerprint density at radius 2 is 2.30 bits per heavy atom. The van der Waals surface area contributed by atoms with Crippen molar-refractivity contribution in [2.75, 3.05) is 0 Å². The van der Waals surface area contributed by atoms with Gasteiger partial charge in [-0.2, -0.15) is 0 Å². The summed E-state index contributed by atoms with van der Waals surface area (Å²) in [5.74, 6) is -0.458. The summed E-state index contributed by atoms with van der Waals surface area (Å²) in [5.41, 5.74) is -0.320. The van der Waals surface area contributed by atoms with Gasteiger partial charge in [-0.15, -0.1) is 5.10 Å². The van der Waals surface area contributed by atoms with E-state index in [1.165, 1.54) is 10.9 Å². The lowest BCUT2D eigenvalue weighted by molar-refractivity contribution is -0.149. The third-order valence-electron chi connectivity index (χ3n) is 3.34. The first-order chi connectivity index (χ1) is 9.48. The Bertz CT molecular complexity index is 630. The van der Waals surface area contributed by atoms with E-state index in [0.717, 1.165) is 0 Å². The van der Waals surface area contributed by atoms with E-state index in [9.17, 15) is 9.90 Å². The Hall–Kier alpha value is -2.02. The van der Waals surface area contributed by atoms with Crippen molar-refractivity contribution in [2.45, 2.75) is 26.8 Å². The molecule has 2 aromatic heterocycles. The maximum Gasteiger partial charge on any atom is 0.311 e. The second-order valence-corrected chi connectivity index (χ2v) is 5.14. The summed E-state index contributed by atoms with van der Waals surface area (Å²) in [6, 6.07) is 1.69. The Morgan fingerprint density at radius 1 is 1.55 bits per heavy atom. The van der Waals surface area contributed by atoms with Crippen LogP contribution in [0.3, 0.4) is 0 Å². The number of halogens is 1. The van der Waals surface area contributed by atoms with Crippen molar-refractivity contribution >= 4 is 17.6 Å². The van der Waals surface area contributed by atoms with Gasteiger partial charge in [-0.3, -0.25) is 9.78 Å². The minimum absolute atomic E-state index is 0.166. The normalized spacial score (nSPS) is 13.9. The largest absolute Gasteiger partial charge is 0.481 e. The molecule has 20 heavy (non-hydrogen) atoms. The molecule has 0 aliphatic rings. The zero-order chi connectivity index (χ0) is 14.8. The molecule has 0 spiro atoms. The highest BCUT2D eigenvalue weighted by Crippen LogP contribution is 2.28. The van der Waals surface area contributed by atoms with Gasteiger partial charge in [-0.25, -0.2) is 4.68 Å². The molecule has 0 saturated carbocycles. The summed E-state index contributed by atoms with van der Waals surface area (Å²) in [6.45, 7) is 3.65. The Balaban J connectivity index is 2.40. The maximum atomic E-state index is 11.4. The lowest BCUT2D eigenvalue weighted by Gasteiger charge is -2.22. The predicted octanol–water partition coefficient (Wildman–Crippen LogP) is 1.89. The van der Waals surface area contributed by atoms with E-state index < -0.39 is 11.4 Å². The molecule has 0 aromatic carbocycles. The second kappa shape index (κ2) is 5.54. The van der Waals surface area contributed by atoms with Crippen molar-refractivity contribution in [3.8, 4) is 11.4 Å². The van der Waals surface area contributed by atoms with Crippen LogP contribution in [0.15, 0.2) is 18.5 Å². The molecule has 7 nitrogen and oxygen atoms in total. The molecular weight excluding hydrogens is 282 g/mol. The molecule has 0 saturated heterocycles. The number of hydrogen-bond acceptors (Lipinski definition) is 5. The van der Waals surface area contributed by atoms with Crippen molar-refractivity contribution in [3.05, 3.63) is 23.5 Å². The SMILES string of the molecule is CCC(C)(Cn1nnnc1-c1ccncc1Cl)C(=O)O. The molecule has 1 unspecified atom stereocenters. The average molecular weight is 296 g/mol. The molecule has 2 rings (SSSR count). The number of nitrogens with zero attached hydrogens (tertiary/aromatic N) is 5. The van der Waals surface area contributed by atoms with Crippen LogP contribution in [0.2, 0.25) is 5.02 Å². The summed E-state index contributed by atoms with van der Waals surface area (Å²) in [4.78, 5) is 15.3. The number of carboxylic acid groups (broad SMARTS) is 1. The van der Waals surface area contributed by atoms with E-state index >= 15 is 0 Å². The monoisotopic (exact) mass is 295 g/mol. The predicted molar refractivity (Wildman–Crippen MR) is 72.1 cm³/mol. The highest BCUT2D eigenvalue weighted by Gasteiger charge is 2.33. The topological polar surface area (TPSA) is 93.8 Å². The third-order valence-corrected chi connectivity index (χ3v) is 3.64. The van der Waals surface area contributed by atoms with Crippen molar-refractivity contribution in [1.82, 2.24) is 25.2 Å². The quantitative estimate of drug-likeness (QED) is 0.905. The Labute approximate surface area is 120 Å². The van der Waals surface area contributed by atoms with Gasteiger partial charge in [-0.1, -0.05) is 18.5 Å². The second-order valence-electron chi connectivity index (χ2n) is 4.74. The van der Waals surface area contributed by atoms with E-state index in [1.54, 1.807) is 19.2 Å². The molecule has 106 valence electrons. The number of hydrogen-bond donors (Lipinski definition) is 1. The van der Waals surface area contributed by atoms with E-state index in [-0.39, 0.29) is 6.54 Å².